The topological polar surface area (TPSA) is 24.5 Å². The molecule has 118 valence electrons. The van der Waals surface area contributed by atoms with Crippen molar-refractivity contribution in [3.63, 3.8) is 0 Å². The Hall–Kier alpha value is -0.580. The monoisotopic (exact) mass is 354 g/mol. The molecule has 2 rings (SSSR count). The average molecular weight is 355 g/mol. The molecule has 0 saturated carbocycles. The molecule has 0 spiro atoms. The molecule has 4 heteroatoms. The molecule has 0 aliphatic carbocycles. The summed E-state index contributed by atoms with van der Waals surface area (Å²) >= 11 is 3.70. The lowest BCUT2D eigenvalue weighted by Gasteiger charge is -2.23. The fourth-order valence-electron chi connectivity index (χ4n) is 2.61. The minimum Gasteiger partial charge on any atom is -0.376 e. The Bertz CT molecular complexity index is 444. The van der Waals surface area contributed by atoms with Gasteiger partial charge in [-0.25, -0.2) is 0 Å². The molecule has 21 heavy (non-hydrogen) atoms. The molecule has 0 aromatic heterocycles. The standard InChI is InChI=1S/C17H27BrN2O/c1-13(2)10-19-11-14-6-7-15(9-17(14)18)20(3)12-16-5-4-8-21-16/h6-7,9,13,16,19H,4-5,8,10-12H2,1-3H3. The first kappa shape index (κ1) is 16.8. The van der Waals surface area contributed by atoms with Gasteiger partial charge in [0.25, 0.3) is 0 Å². The van der Waals surface area contributed by atoms with E-state index in [-0.39, 0.29) is 0 Å². The summed E-state index contributed by atoms with van der Waals surface area (Å²) in [5, 5.41) is 3.49. The molecule has 0 bridgehead atoms. The van der Waals surface area contributed by atoms with Gasteiger partial charge in [-0.15, -0.1) is 0 Å². The summed E-state index contributed by atoms with van der Waals surface area (Å²) in [6.07, 6.45) is 2.77. The molecule has 1 heterocycles. The molecule has 1 aliphatic heterocycles. The fraction of sp³-hybridized carbons (Fsp3) is 0.647. The highest BCUT2D eigenvalue weighted by atomic mass is 79.9. The van der Waals surface area contributed by atoms with Gasteiger partial charge >= 0.3 is 0 Å². The smallest absolute Gasteiger partial charge is 0.0750 e. The third-order valence-corrected chi connectivity index (χ3v) is 4.59. The van der Waals surface area contributed by atoms with Crippen LogP contribution in [0, 0.1) is 5.92 Å². The molecular weight excluding hydrogens is 328 g/mol. The van der Waals surface area contributed by atoms with Crippen LogP contribution < -0.4 is 10.2 Å². The summed E-state index contributed by atoms with van der Waals surface area (Å²) in [6.45, 7) is 8.30. The van der Waals surface area contributed by atoms with Crippen molar-refractivity contribution >= 4 is 21.6 Å². The molecule has 1 aromatic carbocycles. The van der Waals surface area contributed by atoms with Gasteiger partial charge in [0.15, 0.2) is 0 Å². The lowest BCUT2D eigenvalue weighted by molar-refractivity contribution is 0.116. The predicted molar refractivity (Wildman–Crippen MR) is 92.9 cm³/mol. The molecule has 1 fully saturated rings. The van der Waals surface area contributed by atoms with Gasteiger partial charge in [0.2, 0.25) is 0 Å². The first-order valence-electron chi connectivity index (χ1n) is 7.88. The van der Waals surface area contributed by atoms with Crippen LogP contribution in [-0.4, -0.2) is 32.8 Å². The Morgan fingerprint density at radius 2 is 2.24 bits per heavy atom. The van der Waals surface area contributed by atoms with Crippen LogP contribution in [0.5, 0.6) is 0 Å². The summed E-state index contributed by atoms with van der Waals surface area (Å²) in [5.41, 5.74) is 2.55. The Kier molecular flexibility index (Phi) is 6.52. The van der Waals surface area contributed by atoms with Crippen molar-refractivity contribution in [1.82, 2.24) is 5.32 Å². The average Bonchev–Trinajstić information content (AvgIpc) is 2.93. The summed E-state index contributed by atoms with van der Waals surface area (Å²) in [6, 6.07) is 6.62. The summed E-state index contributed by atoms with van der Waals surface area (Å²) < 4.78 is 6.89. The number of nitrogens with zero attached hydrogens (tertiary/aromatic N) is 1. The first-order valence-corrected chi connectivity index (χ1v) is 8.67. The largest absolute Gasteiger partial charge is 0.376 e. The number of anilines is 1. The number of ether oxygens (including phenoxy) is 1. The second-order valence-electron chi connectivity index (χ2n) is 6.32. The van der Waals surface area contributed by atoms with Crippen LogP contribution in [0.1, 0.15) is 32.3 Å². The molecule has 1 N–H and O–H groups in total. The molecule has 1 aliphatic rings. The number of rotatable bonds is 7. The predicted octanol–water partition coefficient (Wildman–Crippen LogP) is 3.81. The Morgan fingerprint density at radius 3 is 2.86 bits per heavy atom. The maximum atomic E-state index is 5.71. The van der Waals surface area contributed by atoms with Gasteiger partial charge in [-0.1, -0.05) is 35.8 Å². The van der Waals surface area contributed by atoms with Crippen molar-refractivity contribution in [1.29, 1.82) is 0 Å². The third kappa shape index (κ3) is 5.28. The van der Waals surface area contributed by atoms with Crippen molar-refractivity contribution in [2.75, 3.05) is 31.6 Å². The van der Waals surface area contributed by atoms with E-state index in [1.54, 1.807) is 0 Å². The number of benzene rings is 1. The van der Waals surface area contributed by atoms with Gasteiger partial charge < -0.3 is 15.0 Å². The molecule has 1 saturated heterocycles. The van der Waals surface area contributed by atoms with Gasteiger partial charge in [0.05, 0.1) is 6.10 Å². The summed E-state index contributed by atoms with van der Waals surface area (Å²) in [5.74, 6) is 0.681. The number of hydrogen-bond donors (Lipinski definition) is 1. The number of likely N-dealkylation sites (N-methyl/N-ethyl adjacent to an activating group) is 1. The van der Waals surface area contributed by atoms with Crippen LogP contribution in [0.4, 0.5) is 5.69 Å². The number of hydrogen-bond acceptors (Lipinski definition) is 3. The maximum absolute atomic E-state index is 5.71. The first-order chi connectivity index (χ1) is 10.1. The van der Waals surface area contributed by atoms with E-state index < -0.39 is 0 Å². The van der Waals surface area contributed by atoms with E-state index in [1.165, 1.54) is 28.6 Å². The van der Waals surface area contributed by atoms with E-state index in [0.29, 0.717) is 12.0 Å². The minimum atomic E-state index is 0.390. The van der Waals surface area contributed by atoms with Gasteiger partial charge in [0, 0.05) is 36.9 Å². The third-order valence-electron chi connectivity index (χ3n) is 3.85. The Labute approximate surface area is 137 Å². The van der Waals surface area contributed by atoms with E-state index >= 15 is 0 Å². The fourth-order valence-corrected chi connectivity index (χ4v) is 3.12. The zero-order valence-corrected chi connectivity index (χ0v) is 14.9. The van der Waals surface area contributed by atoms with Crippen LogP contribution >= 0.6 is 15.9 Å². The summed E-state index contributed by atoms with van der Waals surface area (Å²) in [7, 11) is 2.14. The van der Waals surface area contributed by atoms with Crippen molar-refractivity contribution in [2.45, 2.75) is 39.3 Å². The van der Waals surface area contributed by atoms with E-state index in [9.17, 15) is 0 Å². The lowest BCUT2D eigenvalue weighted by atomic mass is 10.1. The highest BCUT2D eigenvalue weighted by Gasteiger charge is 2.17. The highest BCUT2D eigenvalue weighted by molar-refractivity contribution is 9.10. The van der Waals surface area contributed by atoms with Crippen molar-refractivity contribution < 1.29 is 4.74 Å². The zero-order valence-electron chi connectivity index (χ0n) is 13.4. The van der Waals surface area contributed by atoms with Crippen molar-refractivity contribution in [2.24, 2.45) is 5.92 Å². The van der Waals surface area contributed by atoms with E-state index in [4.69, 9.17) is 4.74 Å². The van der Waals surface area contributed by atoms with Crippen LogP contribution in [0.2, 0.25) is 0 Å². The highest BCUT2D eigenvalue weighted by Crippen LogP contribution is 2.25. The van der Waals surface area contributed by atoms with E-state index in [2.05, 4.69) is 65.2 Å². The quantitative estimate of drug-likeness (QED) is 0.805. The van der Waals surface area contributed by atoms with Crippen LogP contribution in [0.3, 0.4) is 0 Å². The maximum Gasteiger partial charge on any atom is 0.0750 e. The van der Waals surface area contributed by atoms with E-state index in [1.807, 2.05) is 0 Å². The molecular formula is C17H27BrN2O. The van der Waals surface area contributed by atoms with Gasteiger partial charge in [-0.2, -0.15) is 0 Å². The Balaban J connectivity index is 1.90. The van der Waals surface area contributed by atoms with Crippen molar-refractivity contribution in [3.05, 3.63) is 28.2 Å². The van der Waals surface area contributed by atoms with E-state index in [0.717, 1.165) is 26.2 Å². The molecule has 3 nitrogen and oxygen atoms in total. The van der Waals surface area contributed by atoms with Gasteiger partial charge in [-0.05, 0) is 43.0 Å². The summed E-state index contributed by atoms with van der Waals surface area (Å²) in [4.78, 5) is 2.28. The minimum absolute atomic E-state index is 0.390. The molecule has 1 unspecified atom stereocenters. The molecule has 1 atom stereocenters. The Morgan fingerprint density at radius 1 is 1.43 bits per heavy atom. The van der Waals surface area contributed by atoms with Crippen LogP contribution in [0.15, 0.2) is 22.7 Å². The zero-order chi connectivity index (χ0) is 15.2. The second-order valence-corrected chi connectivity index (χ2v) is 7.17. The van der Waals surface area contributed by atoms with Crippen LogP contribution in [0.25, 0.3) is 0 Å². The molecule has 1 aromatic rings. The lowest BCUT2D eigenvalue weighted by Crippen LogP contribution is -2.28. The van der Waals surface area contributed by atoms with Crippen molar-refractivity contribution in [3.8, 4) is 0 Å². The SMILES string of the molecule is CC(C)CNCc1ccc(N(C)CC2CCCO2)cc1Br. The van der Waals surface area contributed by atoms with Crippen LogP contribution in [-0.2, 0) is 11.3 Å². The normalized spacial score (nSPS) is 18.4. The number of halogens is 1. The van der Waals surface area contributed by atoms with Gasteiger partial charge in [0.1, 0.15) is 0 Å². The second kappa shape index (κ2) is 8.16. The molecule has 0 radical (unpaired) electrons. The molecule has 0 amide bonds. The van der Waals surface area contributed by atoms with Gasteiger partial charge in [-0.3, -0.25) is 0 Å². The number of nitrogens with one attached hydrogen (secondary N) is 1.